The summed E-state index contributed by atoms with van der Waals surface area (Å²) in [6.07, 6.45) is 0. The Labute approximate surface area is 112 Å². The minimum atomic E-state index is 0.405. The third-order valence-corrected chi connectivity index (χ3v) is 2.97. The van der Waals surface area contributed by atoms with E-state index in [-0.39, 0.29) is 0 Å². The fourth-order valence-electron chi connectivity index (χ4n) is 1.72. The Morgan fingerprint density at radius 2 is 1.94 bits per heavy atom. The number of aromatic nitrogens is 1. The average Bonchev–Trinajstić information content (AvgIpc) is 2.38. The minimum Gasteiger partial charge on any atom is -0.389 e. The smallest absolute Gasteiger partial charge is 0.132 e. The van der Waals surface area contributed by atoms with Crippen LogP contribution < -0.4 is 10.6 Å². The zero-order valence-corrected chi connectivity index (χ0v) is 11.2. The molecule has 0 saturated carbocycles. The second kappa shape index (κ2) is 5.14. The van der Waals surface area contributed by atoms with E-state index in [1.807, 2.05) is 61.3 Å². The summed E-state index contributed by atoms with van der Waals surface area (Å²) in [5.74, 6) is 0.898. The highest BCUT2D eigenvalue weighted by Gasteiger charge is 2.06. The summed E-state index contributed by atoms with van der Waals surface area (Å²) in [7, 11) is 1.97. The zero-order valence-electron chi connectivity index (χ0n) is 10.4. The lowest BCUT2D eigenvalue weighted by Gasteiger charge is -2.19. The van der Waals surface area contributed by atoms with Crippen molar-refractivity contribution in [1.29, 1.82) is 0 Å². The molecule has 0 atom stereocenters. The van der Waals surface area contributed by atoms with E-state index in [0.29, 0.717) is 4.99 Å². The molecule has 2 aromatic rings. The van der Waals surface area contributed by atoms with Crippen molar-refractivity contribution >= 4 is 28.7 Å². The summed E-state index contributed by atoms with van der Waals surface area (Å²) in [5, 5.41) is 0. The van der Waals surface area contributed by atoms with E-state index < -0.39 is 0 Å². The van der Waals surface area contributed by atoms with Crippen LogP contribution in [-0.2, 0) is 0 Å². The summed E-state index contributed by atoms with van der Waals surface area (Å²) in [6, 6.07) is 13.8. The fourth-order valence-corrected chi connectivity index (χ4v) is 1.84. The molecule has 2 N–H and O–H groups in total. The maximum atomic E-state index is 5.64. The molecule has 0 fully saturated rings. The van der Waals surface area contributed by atoms with Gasteiger partial charge in [-0.05, 0) is 31.2 Å². The quantitative estimate of drug-likeness (QED) is 0.859. The largest absolute Gasteiger partial charge is 0.389 e. The molecule has 18 heavy (non-hydrogen) atoms. The van der Waals surface area contributed by atoms with Gasteiger partial charge in [-0.25, -0.2) is 4.98 Å². The van der Waals surface area contributed by atoms with Gasteiger partial charge in [-0.1, -0.05) is 30.4 Å². The first-order chi connectivity index (χ1) is 8.58. The SMILES string of the molecule is Cc1cccc(N(C)c2cccc(C(N)=S)c2)n1. The topological polar surface area (TPSA) is 42.1 Å². The molecule has 2 rings (SSSR count). The van der Waals surface area contributed by atoms with Crippen LogP contribution in [0.4, 0.5) is 11.5 Å². The van der Waals surface area contributed by atoms with Crippen LogP contribution in [0, 0.1) is 6.92 Å². The number of pyridine rings is 1. The van der Waals surface area contributed by atoms with Crippen molar-refractivity contribution in [1.82, 2.24) is 4.98 Å². The van der Waals surface area contributed by atoms with Gasteiger partial charge in [-0.3, -0.25) is 0 Å². The Bertz CT molecular complexity index is 581. The van der Waals surface area contributed by atoms with Crippen molar-refractivity contribution in [2.24, 2.45) is 5.73 Å². The predicted molar refractivity (Wildman–Crippen MR) is 79.4 cm³/mol. The van der Waals surface area contributed by atoms with E-state index in [1.54, 1.807) is 0 Å². The van der Waals surface area contributed by atoms with E-state index in [2.05, 4.69) is 4.98 Å². The maximum absolute atomic E-state index is 5.64. The molecule has 4 heteroatoms. The Balaban J connectivity index is 2.36. The molecule has 1 aromatic heterocycles. The number of thiocarbonyl (C=S) groups is 1. The zero-order chi connectivity index (χ0) is 13.1. The maximum Gasteiger partial charge on any atom is 0.132 e. The highest BCUT2D eigenvalue weighted by Crippen LogP contribution is 2.22. The highest BCUT2D eigenvalue weighted by molar-refractivity contribution is 7.80. The molecule has 1 aromatic carbocycles. The number of aryl methyl sites for hydroxylation is 1. The first-order valence-corrected chi connectivity index (χ1v) is 6.06. The van der Waals surface area contributed by atoms with Gasteiger partial charge in [0, 0.05) is 24.0 Å². The van der Waals surface area contributed by atoms with E-state index in [4.69, 9.17) is 18.0 Å². The number of benzene rings is 1. The number of nitrogens with zero attached hydrogens (tertiary/aromatic N) is 2. The summed E-state index contributed by atoms with van der Waals surface area (Å²) < 4.78 is 0. The van der Waals surface area contributed by atoms with Gasteiger partial charge in [-0.2, -0.15) is 0 Å². The molecule has 0 bridgehead atoms. The van der Waals surface area contributed by atoms with Crippen LogP contribution in [0.3, 0.4) is 0 Å². The van der Waals surface area contributed by atoms with Gasteiger partial charge in [0.2, 0.25) is 0 Å². The Morgan fingerprint density at radius 1 is 1.22 bits per heavy atom. The Kier molecular flexibility index (Phi) is 3.58. The van der Waals surface area contributed by atoms with Crippen molar-refractivity contribution in [2.75, 3.05) is 11.9 Å². The molecule has 0 aliphatic carbocycles. The van der Waals surface area contributed by atoms with Crippen LogP contribution in [0.2, 0.25) is 0 Å². The lowest BCUT2D eigenvalue weighted by atomic mass is 10.2. The van der Waals surface area contributed by atoms with Crippen LogP contribution in [0.25, 0.3) is 0 Å². The molecule has 0 unspecified atom stereocenters. The van der Waals surface area contributed by atoms with Gasteiger partial charge >= 0.3 is 0 Å². The number of anilines is 2. The summed E-state index contributed by atoms with van der Waals surface area (Å²) >= 11 is 4.99. The van der Waals surface area contributed by atoms with Crippen molar-refractivity contribution in [3.63, 3.8) is 0 Å². The Hall–Kier alpha value is -1.94. The molecule has 0 aliphatic rings. The summed E-state index contributed by atoms with van der Waals surface area (Å²) in [4.78, 5) is 6.90. The molecule has 0 aliphatic heterocycles. The van der Waals surface area contributed by atoms with E-state index in [0.717, 1.165) is 22.8 Å². The summed E-state index contributed by atoms with van der Waals surface area (Å²) in [6.45, 7) is 1.97. The van der Waals surface area contributed by atoms with Gasteiger partial charge in [0.15, 0.2) is 0 Å². The number of hydrogen-bond acceptors (Lipinski definition) is 3. The van der Waals surface area contributed by atoms with E-state index >= 15 is 0 Å². The lowest BCUT2D eigenvalue weighted by Crippen LogP contribution is -2.14. The lowest BCUT2D eigenvalue weighted by molar-refractivity contribution is 1.09. The molecule has 0 amide bonds. The first-order valence-electron chi connectivity index (χ1n) is 5.65. The molecule has 92 valence electrons. The van der Waals surface area contributed by atoms with Crippen molar-refractivity contribution in [3.05, 3.63) is 53.7 Å². The first kappa shape index (κ1) is 12.5. The Morgan fingerprint density at radius 3 is 2.61 bits per heavy atom. The van der Waals surface area contributed by atoms with Crippen molar-refractivity contribution in [3.8, 4) is 0 Å². The van der Waals surface area contributed by atoms with Gasteiger partial charge in [0.05, 0.1) is 0 Å². The molecule has 0 saturated heterocycles. The molecule has 0 radical (unpaired) electrons. The summed E-state index contributed by atoms with van der Waals surface area (Å²) in [5.41, 5.74) is 8.51. The second-order valence-corrected chi connectivity index (χ2v) is 4.55. The second-order valence-electron chi connectivity index (χ2n) is 4.11. The third kappa shape index (κ3) is 2.65. The normalized spacial score (nSPS) is 10.1. The van der Waals surface area contributed by atoms with E-state index in [1.165, 1.54) is 0 Å². The van der Waals surface area contributed by atoms with Crippen LogP contribution in [0.15, 0.2) is 42.5 Å². The third-order valence-electron chi connectivity index (χ3n) is 2.74. The number of nitrogens with two attached hydrogens (primary N) is 1. The molecular formula is C14H15N3S. The monoisotopic (exact) mass is 257 g/mol. The molecule has 0 spiro atoms. The van der Waals surface area contributed by atoms with Crippen molar-refractivity contribution in [2.45, 2.75) is 6.92 Å². The highest BCUT2D eigenvalue weighted by atomic mass is 32.1. The van der Waals surface area contributed by atoms with Gasteiger partial charge < -0.3 is 10.6 Å². The van der Waals surface area contributed by atoms with Gasteiger partial charge in [0.25, 0.3) is 0 Å². The average molecular weight is 257 g/mol. The van der Waals surface area contributed by atoms with Gasteiger partial charge in [-0.15, -0.1) is 0 Å². The minimum absolute atomic E-state index is 0.405. The number of hydrogen-bond donors (Lipinski definition) is 1. The van der Waals surface area contributed by atoms with Crippen LogP contribution >= 0.6 is 12.2 Å². The van der Waals surface area contributed by atoms with Crippen molar-refractivity contribution < 1.29 is 0 Å². The standard InChI is InChI=1S/C14H15N3S/c1-10-5-3-8-13(16-10)17(2)12-7-4-6-11(9-12)14(15)18/h3-9H,1-2H3,(H2,15,18). The predicted octanol–water partition coefficient (Wildman–Crippen LogP) is 2.79. The van der Waals surface area contributed by atoms with E-state index in [9.17, 15) is 0 Å². The number of rotatable bonds is 3. The molecular weight excluding hydrogens is 242 g/mol. The molecule has 3 nitrogen and oxygen atoms in total. The molecule has 1 heterocycles. The van der Waals surface area contributed by atoms with Crippen LogP contribution in [0.5, 0.6) is 0 Å². The van der Waals surface area contributed by atoms with Crippen LogP contribution in [0.1, 0.15) is 11.3 Å². The van der Waals surface area contributed by atoms with Gasteiger partial charge in [0.1, 0.15) is 10.8 Å². The van der Waals surface area contributed by atoms with Crippen LogP contribution in [-0.4, -0.2) is 17.0 Å². The fraction of sp³-hybridized carbons (Fsp3) is 0.143.